The van der Waals surface area contributed by atoms with Crippen LogP contribution in [0.4, 0.5) is 11.6 Å². The average Bonchev–Trinajstić information content (AvgIpc) is 2.78. The molecule has 0 amide bonds. The summed E-state index contributed by atoms with van der Waals surface area (Å²) in [6.45, 7) is 4.05. The zero-order valence-corrected chi connectivity index (χ0v) is 17.3. The van der Waals surface area contributed by atoms with Crippen LogP contribution in [0.2, 0.25) is 5.02 Å². The number of aromatic nitrogens is 2. The van der Waals surface area contributed by atoms with E-state index in [4.69, 9.17) is 16.6 Å². The zero-order chi connectivity index (χ0) is 20.2. The van der Waals surface area contributed by atoms with Gasteiger partial charge in [-0.25, -0.2) is 9.97 Å². The fraction of sp³-hybridized carbons (Fsp3) is 0.286. The van der Waals surface area contributed by atoms with Crippen LogP contribution in [0, 0.1) is 0 Å². The van der Waals surface area contributed by atoms with Crippen LogP contribution < -0.4 is 20.9 Å². The Morgan fingerprint density at radius 1 is 1.03 bits per heavy atom. The van der Waals surface area contributed by atoms with E-state index < -0.39 is 0 Å². The van der Waals surface area contributed by atoms with Crippen molar-refractivity contribution >= 4 is 40.1 Å². The molecule has 1 fully saturated rings. The Bertz CT molecular complexity index is 1020. The van der Waals surface area contributed by atoms with Gasteiger partial charge in [-0.1, -0.05) is 23.7 Å². The van der Waals surface area contributed by atoms with E-state index in [1.54, 1.807) is 14.1 Å². The van der Waals surface area contributed by atoms with E-state index in [9.17, 15) is 0 Å². The van der Waals surface area contributed by atoms with Crippen molar-refractivity contribution in [1.82, 2.24) is 25.9 Å². The Kier molecular flexibility index (Phi) is 5.78. The third kappa shape index (κ3) is 4.26. The third-order valence-electron chi connectivity index (χ3n) is 4.95. The fourth-order valence-corrected chi connectivity index (χ4v) is 3.62. The Morgan fingerprint density at radius 3 is 2.45 bits per heavy atom. The summed E-state index contributed by atoms with van der Waals surface area (Å²) in [5.74, 6) is 0.984. The van der Waals surface area contributed by atoms with Crippen LogP contribution in [0.5, 0.6) is 0 Å². The van der Waals surface area contributed by atoms with Crippen molar-refractivity contribution in [3.05, 3.63) is 47.5 Å². The smallest absolute Gasteiger partial charge is 0.253 e. The zero-order valence-electron chi connectivity index (χ0n) is 16.5. The van der Waals surface area contributed by atoms with Gasteiger partial charge in [-0.2, -0.15) is 4.99 Å². The maximum Gasteiger partial charge on any atom is 0.253 e. The molecular weight excluding hydrogens is 386 g/mol. The second kappa shape index (κ2) is 8.63. The molecule has 0 aliphatic carbocycles. The standard InChI is InChI=1S/C21H24ClN7/c1-23-20(24-2)28-21-26-18-8-5-15(22)13-17(18)19(27-21)14-3-6-16(7-4-14)29-11-9-25-10-12-29/h3-8,13,25H,9-12H2,1-2H3,(H2,23,24,26,27,28). The highest BCUT2D eigenvalue weighted by molar-refractivity contribution is 6.31. The number of rotatable bonds is 3. The van der Waals surface area contributed by atoms with E-state index in [1.807, 2.05) is 18.2 Å². The van der Waals surface area contributed by atoms with Gasteiger partial charge >= 0.3 is 0 Å². The summed E-state index contributed by atoms with van der Waals surface area (Å²) in [6.07, 6.45) is 0. The number of guanidine groups is 1. The molecule has 3 N–H and O–H groups in total. The first-order chi connectivity index (χ1) is 14.2. The van der Waals surface area contributed by atoms with Gasteiger partial charge in [0.15, 0.2) is 5.96 Å². The van der Waals surface area contributed by atoms with Crippen LogP contribution in [0.15, 0.2) is 47.5 Å². The lowest BCUT2D eigenvalue weighted by Gasteiger charge is -2.29. The summed E-state index contributed by atoms with van der Waals surface area (Å²) >= 11 is 6.26. The average molecular weight is 410 g/mol. The molecule has 0 atom stereocenters. The Morgan fingerprint density at radius 2 is 1.76 bits per heavy atom. The molecular formula is C21H24ClN7. The molecule has 1 aliphatic heterocycles. The minimum atomic E-state index is 0.389. The van der Waals surface area contributed by atoms with Gasteiger partial charge in [0.25, 0.3) is 5.95 Å². The monoisotopic (exact) mass is 409 g/mol. The number of hydrogen-bond donors (Lipinski definition) is 3. The molecule has 4 rings (SSSR count). The van der Waals surface area contributed by atoms with Crippen molar-refractivity contribution in [1.29, 1.82) is 0 Å². The maximum atomic E-state index is 6.26. The molecule has 150 valence electrons. The first kappa shape index (κ1) is 19.4. The van der Waals surface area contributed by atoms with E-state index in [0.29, 0.717) is 16.9 Å². The fourth-order valence-electron chi connectivity index (χ4n) is 3.45. The SMILES string of the molecule is CNC(=Nc1nc(-c2ccc(N3CCNCC3)cc2)c2cc(Cl)ccc2n1)NC. The lowest BCUT2D eigenvalue weighted by atomic mass is 10.1. The molecule has 0 saturated carbocycles. The van der Waals surface area contributed by atoms with Crippen LogP contribution in [0.25, 0.3) is 22.2 Å². The molecule has 2 aromatic carbocycles. The number of nitrogens with zero attached hydrogens (tertiary/aromatic N) is 4. The number of fused-ring (bicyclic) bond motifs is 1. The number of halogens is 1. The predicted molar refractivity (Wildman–Crippen MR) is 120 cm³/mol. The second-order valence-electron chi connectivity index (χ2n) is 6.78. The topological polar surface area (TPSA) is 77.5 Å². The van der Waals surface area contributed by atoms with Crippen molar-refractivity contribution in [3.63, 3.8) is 0 Å². The lowest BCUT2D eigenvalue weighted by Crippen LogP contribution is -2.43. The minimum absolute atomic E-state index is 0.389. The second-order valence-corrected chi connectivity index (χ2v) is 7.21. The third-order valence-corrected chi connectivity index (χ3v) is 5.19. The Hall–Kier alpha value is -2.90. The number of anilines is 1. The molecule has 0 radical (unpaired) electrons. The number of aliphatic imine (C=N–C) groups is 1. The molecule has 3 aromatic rings. The van der Waals surface area contributed by atoms with E-state index in [2.05, 4.69) is 55.1 Å². The Labute approximate surface area is 175 Å². The van der Waals surface area contributed by atoms with Gasteiger partial charge in [0.1, 0.15) is 0 Å². The van der Waals surface area contributed by atoms with E-state index in [-0.39, 0.29) is 0 Å². The van der Waals surface area contributed by atoms with Crippen LogP contribution in [0.3, 0.4) is 0 Å². The van der Waals surface area contributed by atoms with Crippen LogP contribution in [-0.2, 0) is 0 Å². The normalized spacial score (nSPS) is 14.0. The number of hydrogen-bond acceptors (Lipinski definition) is 5. The van der Waals surface area contributed by atoms with Gasteiger partial charge in [0, 0.05) is 61.9 Å². The molecule has 0 unspecified atom stereocenters. The van der Waals surface area contributed by atoms with Crippen molar-refractivity contribution in [2.24, 2.45) is 4.99 Å². The maximum absolute atomic E-state index is 6.26. The van der Waals surface area contributed by atoms with Crippen LogP contribution in [0.1, 0.15) is 0 Å². The molecule has 2 heterocycles. The molecule has 8 heteroatoms. The summed E-state index contributed by atoms with van der Waals surface area (Å²) in [7, 11) is 3.60. The number of benzene rings is 2. The van der Waals surface area contributed by atoms with Gasteiger partial charge in [-0.05, 0) is 30.3 Å². The largest absolute Gasteiger partial charge is 0.369 e. The van der Waals surface area contributed by atoms with Gasteiger partial charge in [0.2, 0.25) is 0 Å². The van der Waals surface area contributed by atoms with Gasteiger partial charge < -0.3 is 20.9 Å². The van der Waals surface area contributed by atoms with E-state index in [0.717, 1.165) is 48.3 Å². The van der Waals surface area contributed by atoms with Gasteiger partial charge in [0.05, 0.1) is 11.2 Å². The van der Waals surface area contributed by atoms with E-state index in [1.165, 1.54) is 5.69 Å². The molecule has 7 nitrogen and oxygen atoms in total. The number of nitrogens with one attached hydrogen (secondary N) is 3. The predicted octanol–water partition coefficient (Wildman–Crippen LogP) is 2.79. The van der Waals surface area contributed by atoms with Gasteiger partial charge in [-0.15, -0.1) is 0 Å². The Balaban J connectivity index is 1.78. The lowest BCUT2D eigenvalue weighted by molar-refractivity contribution is 0.589. The molecule has 29 heavy (non-hydrogen) atoms. The quantitative estimate of drug-likeness (QED) is 0.456. The van der Waals surface area contributed by atoms with Gasteiger partial charge in [-0.3, -0.25) is 0 Å². The van der Waals surface area contributed by atoms with Crippen molar-refractivity contribution in [2.75, 3.05) is 45.2 Å². The first-order valence-electron chi connectivity index (χ1n) is 9.65. The van der Waals surface area contributed by atoms with E-state index >= 15 is 0 Å². The van der Waals surface area contributed by atoms with Crippen LogP contribution >= 0.6 is 11.6 Å². The summed E-state index contributed by atoms with van der Waals surface area (Å²) in [4.78, 5) is 16.2. The molecule has 1 aliphatic rings. The molecule has 0 spiro atoms. The first-order valence-corrected chi connectivity index (χ1v) is 10.0. The van der Waals surface area contributed by atoms with Crippen molar-refractivity contribution in [2.45, 2.75) is 0 Å². The highest BCUT2D eigenvalue weighted by atomic mass is 35.5. The highest BCUT2D eigenvalue weighted by Gasteiger charge is 2.13. The molecule has 1 aromatic heterocycles. The highest BCUT2D eigenvalue weighted by Crippen LogP contribution is 2.31. The summed E-state index contributed by atoms with van der Waals surface area (Å²) in [5.41, 5.74) is 3.84. The summed E-state index contributed by atoms with van der Waals surface area (Å²) < 4.78 is 0. The summed E-state index contributed by atoms with van der Waals surface area (Å²) in [5, 5.41) is 10.9. The van der Waals surface area contributed by atoms with Crippen molar-refractivity contribution < 1.29 is 0 Å². The van der Waals surface area contributed by atoms with Crippen molar-refractivity contribution in [3.8, 4) is 11.3 Å². The molecule has 1 saturated heterocycles. The van der Waals surface area contributed by atoms with Crippen LogP contribution in [-0.4, -0.2) is 56.2 Å². The summed E-state index contributed by atoms with van der Waals surface area (Å²) in [6, 6.07) is 14.1. The minimum Gasteiger partial charge on any atom is -0.369 e. The number of piperazine rings is 1. The molecule has 0 bridgehead atoms.